The van der Waals surface area contributed by atoms with Gasteiger partial charge in [-0.1, -0.05) is 19.1 Å². The van der Waals surface area contributed by atoms with E-state index in [9.17, 15) is 13.2 Å². The predicted octanol–water partition coefficient (Wildman–Crippen LogP) is 3.76. The number of rotatable bonds is 8. The third-order valence-electron chi connectivity index (χ3n) is 4.07. The highest BCUT2D eigenvalue weighted by molar-refractivity contribution is 7.89. The molecule has 0 atom stereocenters. The van der Waals surface area contributed by atoms with Crippen molar-refractivity contribution < 1.29 is 17.9 Å². The highest BCUT2D eigenvalue weighted by Gasteiger charge is 2.23. The van der Waals surface area contributed by atoms with Gasteiger partial charge in [0.2, 0.25) is 10.0 Å². The third-order valence-corrected chi connectivity index (χ3v) is 6.09. The number of amides is 1. The number of carbonyl (C=O) groups excluding carboxylic acids is 1. The highest BCUT2D eigenvalue weighted by atomic mass is 32.2. The van der Waals surface area contributed by atoms with Crippen molar-refractivity contribution in [1.29, 1.82) is 0 Å². The summed E-state index contributed by atoms with van der Waals surface area (Å²) in [7, 11) is -2.13. The number of hydrogen-bond acceptors (Lipinski definition) is 4. The summed E-state index contributed by atoms with van der Waals surface area (Å²) in [5.74, 6) is 0.288. The first kappa shape index (κ1) is 20.9. The first-order chi connectivity index (χ1) is 12.8. The summed E-state index contributed by atoms with van der Waals surface area (Å²) in [6.45, 7) is 6.20. The molecule has 27 heavy (non-hydrogen) atoms. The van der Waals surface area contributed by atoms with E-state index in [4.69, 9.17) is 4.74 Å². The second-order valence-corrected chi connectivity index (χ2v) is 8.47. The SMILES string of the molecule is CCCOc1cccc(NC(=O)c2cccc(S(=O)(=O)N(C)C(C)C)c2)c1. The number of nitrogens with zero attached hydrogens (tertiary/aromatic N) is 1. The lowest BCUT2D eigenvalue weighted by molar-refractivity contribution is 0.102. The van der Waals surface area contributed by atoms with Crippen molar-refractivity contribution >= 4 is 21.6 Å². The second-order valence-electron chi connectivity index (χ2n) is 6.47. The van der Waals surface area contributed by atoms with Crippen molar-refractivity contribution in [2.75, 3.05) is 19.0 Å². The maximum atomic E-state index is 12.6. The molecule has 0 saturated heterocycles. The number of anilines is 1. The van der Waals surface area contributed by atoms with Crippen LogP contribution in [0.25, 0.3) is 0 Å². The molecule has 0 spiro atoms. The summed E-state index contributed by atoms with van der Waals surface area (Å²) >= 11 is 0. The van der Waals surface area contributed by atoms with Crippen molar-refractivity contribution in [2.45, 2.75) is 38.1 Å². The van der Waals surface area contributed by atoms with Gasteiger partial charge in [-0.3, -0.25) is 4.79 Å². The van der Waals surface area contributed by atoms with Gasteiger partial charge in [0.25, 0.3) is 5.91 Å². The molecule has 6 nitrogen and oxygen atoms in total. The van der Waals surface area contributed by atoms with Gasteiger partial charge in [-0.25, -0.2) is 8.42 Å². The molecule has 0 unspecified atom stereocenters. The largest absolute Gasteiger partial charge is 0.494 e. The van der Waals surface area contributed by atoms with E-state index in [0.717, 1.165) is 6.42 Å². The van der Waals surface area contributed by atoms with Gasteiger partial charge in [0.15, 0.2) is 0 Å². The van der Waals surface area contributed by atoms with E-state index in [2.05, 4.69) is 5.32 Å². The second kappa shape index (κ2) is 9.01. The average molecular weight is 391 g/mol. The Bertz CT molecular complexity index is 894. The van der Waals surface area contributed by atoms with Crippen LogP contribution in [0.15, 0.2) is 53.4 Å². The van der Waals surface area contributed by atoms with Gasteiger partial charge in [0.05, 0.1) is 11.5 Å². The summed E-state index contributed by atoms with van der Waals surface area (Å²) in [4.78, 5) is 12.7. The molecule has 2 aromatic rings. The zero-order valence-electron chi connectivity index (χ0n) is 16.1. The van der Waals surface area contributed by atoms with Crippen molar-refractivity contribution in [3.05, 3.63) is 54.1 Å². The van der Waals surface area contributed by atoms with Crippen molar-refractivity contribution in [3.63, 3.8) is 0 Å². The third kappa shape index (κ3) is 5.30. The molecule has 1 N–H and O–H groups in total. The van der Waals surface area contributed by atoms with Crippen LogP contribution in [0.3, 0.4) is 0 Å². The molecule has 0 aliphatic heterocycles. The van der Waals surface area contributed by atoms with Gasteiger partial charge >= 0.3 is 0 Å². The molecule has 0 saturated carbocycles. The number of ether oxygens (including phenoxy) is 1. The first-order valence-electron chi connectivity index (χ1n) is 8.88. The average Bonchev–Trinajstić information content (AvgIpc) is 2.66. The summed E-state index contributed by atoms with van der Waals surface area (Å²) in [5, 5.41) is 2.78. The summed E-state index contributed by atoms with van der Waals surface area (Å²) in [5.41, 5.74) is 0.856. The molecule has 0 radical (unpaired) electrons. The molecular weight excluding hydrogens is 364 g/mol. The van der Waals surface area contributed by atoms with Crippen molar-refractivity contribution in [1.82, 2.24) is 4.31 Å². The zero-order valence-corrected chi connectivity index (χ0v) is 16.9. The van der Waals surface area contributed by atoms with E-state index in [-0.39, 0.29) is 22.4 Å². The lowest BCUT2D eigenvalue weighted by Crippen LogP contribution is -2.33. The van der Waals surface area contributed by atoms with E-state index < -0.39 is 10.0 Å². The Labute approximate surface area is 161 Å². The van der Waals surface area contributed by atoms with Gasteiger partial charge in [-0.05, 0) is 50.6 Å². The molecule has 0 fully saturated rings. The topological polar surface area (TPSA) is 75.7 Å². The number of benzene rings is 2. The van der Waals surface area contributed by atoms with Gasteiger partial charge in [0, 0.05) is 30.4 Å². The van der Waals surface area contributed by atoms with Crippen LogP contribution in [0.5, 0.6) is 5.75 Å². The fourth-order valence-corrected chi connectivity index (χ4v) is 3.74. The van der Waals surface area contributed by atoms with Crippen molar-refractivity contribution in [2.24, 2.45) is 0 Å². The normalized spacial score (nSPS) is 11.6. The Morgan fingerprint density at radius 2 is 1.85 bits per heavy atom. The lowest BCUT2D eigenvalue weighted by Gasteiger charge is -2.21. The Morgan fingerprint density at radius 3 is 2.52 bits per heavy atom. The molecule has 146 valence electrons. The zero-order chi connectivity index (χ0) is 20.0. The van der Waals surface area contributed by atoms with Crippen LogP contribution in [0.4, 0.5) is 5.69 Å². The summed E-state index contributed by atoms with van der Waals surface area (Å²) in [6.07, 6.45) is 0.892. The molecule has 2 aromatic carbocycles. The predicted molar refractivity (Wildman–Crippen MR) is 107 cm³/mol. The minimum Gasteiger partial charge on any atom is -0.494 e. The lowest BCUT2D eigenvalue weighted by atomic mass is 10.2. The van der Waals surface area contributed by atoms with Crippen molar-refractivity contribution in [3.8, 4) is 5.75 Å². The number of carbonyl (C=O) groups is 1. The molecule has 0 aromatic heterocycles. The van der Waals surface area contributed by atoms with Crippen LogP contribution >= 0.6 is 0 Å². The Balaban J connectivity index is 2.21. The van der Waals surface area contributed by atoms with Crippen LogP contribution < -0.4 is 10.1 Å². The minimum atomic E-state index is -3.65. The molecule has 0 bridgehead atoms. The van der Waals surface area contributed by atoms with Gasteiger partial charge in [0.1, 0.15) is 5.75 Å². The smallest absolute Gasteiger partial charge is 0.255 e. The monoisotopic (exact) mass is 390 g/mol. The molecular formula is C20H26N2O4S. The fraction of sp³-hybridized carbons (Fsp3) is 0.350. The van der Waals surface area contributed by atoms with E-state index in [1.165, 1.54) is 23.5 Å². The molecule has 7 heteroatoms. The summed E-state index contributed by atoms with van der Waals surface area (Å²) < 4.78 is 32.1. The van der Waals surface area contributed by atoms with E-state index in [0.29, 0.717) is 18.0 Å². The molecule has 0 heterocycles. The maximum Gasteiger partial charge on any atom is 0.255 e. The minimum absolute atomic E-state index is 0.0892. The Morgan fingerprint density at radius 1 is 1.15 bits per heavy atom. The van der Waals surface area contributed by atoms with Gasteiger partial charge in [-0.15, -0.1) is 0 Å². The maximum absolute atomic E-state index is 12.6. The fourth-order valence-electron chi connectivity index (χ4n) is 2.33. The standard InChI is InChI=1S/C20H26N2O4S/c1-5-12-26-18-10-7-9-17(14-18)21-20(23)16-8-6-11-19(13-16)27(24,25)22(4)15(2)3/h6-11,13-15H,5,12H2,1-4H3,(H,21,23). The molecule has 2 rings (SSSR count). The molecule has 0 aliphatic carbocycles. The van der Waals surface area contributed by atoms with Gasteiger partial charge in [-0.2, -0.15) is 4.31 Å². The highest BCUT2D eigenvalue weighted by Crippen LogP contribution is 2.21. The molecule has 1 amide bonds. The first-order valence-corrected chi connectivity index (χ1v) is 10.3. The number of nitrogens with one attached hydrogen (secondary N) is 1. The Hall–Kier alpha value is -2.38. The van der Waals surface area contributed by atoms with E-state index in [1.54, 1.807) is 44.2 Å². The molecule has 0 aliphatic rings. The number of hydrogen-bond donors (Lipinski definition) is 1. The van der Waals surface area contributed by atoms with E-state index >= 15 is 0 Å². The quantitative estimate of drug-likeness (QED) is 0.745. The van der Waals surface area contributed by atoms with Crippen LogP contribution in [0, 0.1) is 0 Å². The van der Waals surface area contributed by atoms with Crippen LogP contribution in [-0.2, 0) is 10.0 Å². The summed E-state index contributed by atoms with van der Waals surface area (Å²) in [6, 6.07) is 12.9. The van der Waals surface area contributed by atoms with Crippen LogP contribution in [0.1, 0.15) is 37.6 Å². The Kier molecular flexibility index (Phi) is 6.98. The van der Waals surface area contributed by atoms with Gasteiger partial charge < -0.3 is 10.1 Å². The van der Waals surface area contributed by atoms with Crippen LogP contribution in [0.2, 0.25) is 0 Å². The number of sulfonamides is 1. The van der Waals surface area contributed by atoms with Crippen LogP contribution in [-0.4, -0.2) is 38.3 Å². The van der Waals surface area contributed by atoms with E-state index in [1.807, 2.05) is 13.0 Å².